The highest BCUT2D eigenvalue weighted by Crippen LogP contribution is 2.39. The summed E-state index contributed by atoms with van der Waals surface area (Å²) in [5, 5.41) is 17.2. The van der Waals surface area contributed by atoms with Gasteiger partial charge in [0.05, 0.1) is 23.4 Å². The molecule has 5 rings (SSSR count). The number of nitrogens with zero attached hydrogens (tertiary/aromatic N) is 7. The normalized spacial score (nSPS) is 15.9. The van der Waals surface area contributed by atoms with E-state index in [-0.39, 0.29) is 29.3 Å². The van der Waals surface area contributed by atoms with Gasteiger partial charge in [-0.2, -0.15) is 18.4 Å². The summed E-state index contributed by atoms with van der Waals surface area (Å²) in [6, 6.07) is 13.1. The minimum Gasteiger partial charge on any atom is -0.493 e. The molecule has 1 aliphatic heterocycles. The molecule has 4 heterocycles. The second-order valence-corrected chi connectivity index (χ2v) is 8.68. The minimum absolute atomic E-state index is 0.000736. The predicted octanol–water partition coefficient (Wildman–Crippen LogP) is 4.61. The topological polar surface area (TPSA) is 92.8 Å². The number of alkyl halides is 3. The first-order valence-electron chi connectivity index (χ1n) is 11.4. The van der Waals surface area contributed by atoms with Crippen LogP contribution >= 0.6 is 0 Å². The second-order valence-electron chi connectivity index (χ2n) is 8.68. The van der Waals surface area contributed by atoms with Crippen molar-refractivity contribution in [2.45, 2.75) is 19.0 Å². The summed E-state index contributed by atoms with van der Waals surface area (Å²) in [5.41, 5.74) is 0.360. The second kappa shape index (κ2) is 9.45. The number of anilines is 1. The molecule has 36 heavy (non-hydrogen) atoms. The Labute approximate surface area is 205 Å². The highest BCUT2D eigenvalue weighted by Gasteiger charge is 2.35. The Bertz CT molecular complexity index is 1430. The third-order valence-electron chi connectivity index (χ3n) is 6.33. The van der Waals surface area contributed by atoms with Gasteiger partial charge in [0.15, 0.2) is 5.69 Å². The number of aromatic nitrogens is 5. The van der Waals surface area contributed by atoms with Gasteiger partial charge in [0, 0.05) is 31.9 Å². The molecule has 0 aliphatic carbocycles. The molecule has 1 aromatic carbocycles. The van der Waals surface area contributed by atoms with Gasteiger partial charge in [-0.3, -0.25) is 0 Å². The lowest BCUT2D eigenvalue weighted by molar-refractivity contribution is -0.138. The van der Waals surface area contributed by atoms with E-state index in [2.05, 4.69) is 25.2 Å². The molecule has 1 aliphatic rings. The van der Waals surface area contributed by atoms with Crippen molar-refractivity contribution in [1.82, 2.24) is 25.0 Å². The monoisotopic (exact) mass is 493 g/mol. The third kappa shape index (κ3) is 4.66. The van der Waals surface area contributed by atoms with Gasteiger partial charge in [-0.1, -0.05) is 11.3 Å². The number of ether oxygens (including phenoxy) is 1. The summed E-state index contributed by atoms with van der Waals surface area (Å²) >= 11 is 0. The lowest BCUT2D eigenvalue weighted by Crippen LogP contribution is -2.21. The maximum Gasteiger partial charge on any atom is 0.419 e. The van der Waals surface area contributed by atoms with Crippen LogP contribution < -0.4 is 9.64 Å². The largest absolute Gasteiger partial charge is 0.493 e. The van der Waals surface area contributed by atoms with Crippen molar-refractivity contribution in [3.8, 4) is 23.1 Å². The van der Waals surface area contributed by atoms with Crippen LogP contribution in [0.1, 0.15) is 24.1 Å². The zero-order valence-electron chi connectivity index (χ0n) is 19.4. The highest BCUT2D eigenvalue weighted by molar-refractivity contribution is 5.83. The molecular weight excluding hydrogens is 471 g/mol. The molecular formula is C25H22F3N7O. The number of halogens is 3. The van der Waals surface area contributed by atoms with Crippen molar-refractivity contribution in [2.75, 3.05) is 24.6 Å². The number of pyridine rings is 2. The van der Waals surface area contributed by atoms with Crippen molar-refractivity contribution in [3.63, 3.8) is 0 Å². The van der Waals surface area contributed by atoms with Gasteiger partial charge < -0.3 is 9.64 Å². The summed E-state index contributed by atoms with van der Waals surface area (Å²) in [4.78, 5) is 10.7. The van der Waals surface area contributed by atoms with E-state index in [1.54, 1.807) is 19.3 Å². The Balaban J connectivity index is 1.33. The summed E-state index contributed by atoms with van der Waals surface area (Å²) in [6.45, 7) is 1.83. The van der Waals surface area contributed by atoms with E-state index in [4.69, 9.17) is 4.74 Å². The van der Waals surface area contributed by atoms with E-state index in [0.717, 1.165) is 31.4 Å². The number of aryl methyl sites for hydroxylation is 1. The average molecular weight is 493 g/mol. The summed E-state index contributed by atoms with van der Waals surface area (Å²) in [5.74, 6) is 0.993. The van der Waals surface area contributed by atoms with Crippen LogP contribution in [0.25, 0.3) is 22.3 Å². The highest BCUT2D eigenvalue weighted by atomic mass is 19.4. The van der Waals surface area contributed by atoms with Gasteiger partial charge in [0.25, 0.3) is 0 Å². The summed E-state index contributed by atoms with van der Waals surface area (Å²) in [6.07, 6.45) is -1.30. The Morgan fingerprint density at radius 3 is 2.81 bits per heavy atom. The van der Waals surface area contributed by atoms with E-state index in [9.17, 15) is 18.4 Å². The summed E-state index contributed by atoms with van der Waals surface area (Å²) < 4.78 is 48.9. The van der Waals surface area contributed by atoms with Crippen molar-refractivity contribution >= 4 is 16.9 Å². The van der Waals surface area contributed by atoms with Crippen molar-refractivity contribution < 1.29 is 17.9 Å². The van der Waals surface area contributed by atoms with E-state index >= 15 is 0 Å². The van der Waals surface area contributed by atoms with Crippen molar-refractivity contribution in [1.29, 1.82) is 5.26 Å². The molecule has 0 unspecified atom stereocenters. The molecule has 11 heteroatoms. The van der Waals surface area contributed by atoms with Crippen LogP contribution in [0.2, 0.25) is 0 Å². The molecule has 4 aromatic rings. The quantitative estimate of drug-likeness (QED) is 0.387. The van der Waals surface area contributed by atoms with Gasteiger partial charge >= 0.3 is 6.18 Å². The first-order valence-corrected chi connectivity index (χ1v) is 11.4. The van der Waals surface area contributed by atoms with E-state index in [0.29, 0.717) is 23.4 Å². The Kier molecular flexibility index (Phi) is 6.18. The summed E-state index contributed by atoms with van der Waals surface area (Å²) in [7, 11) is 1.64. The molecule has 3 aromatic heterocycles. The fraction of sp³-hybridized carbons (Fsp3) is 0.320. The SMILES string of the molecule is Cn1nnc2c(C#N)nc(-c3ccc(OCC[C@@H]4CCN(c5ccccn5)C4)c(C(F)(F)F)c3)cc21. The average Bonchev–Trinajstić information content (AvgIpc) is 3.50. The molecule has 0 spiro atoms. The number of fused-ring (bicyclic) bond motifs is 1. The molecule has 8 nitrogen and oxygen atoms in total. The maximum absolute atomic E-state index is 13.9. The van der Waals surface area contributed by atoms with Crippen molar-refractivity contribution in [2.24, 2.45) is 13.0 Å². The number of hydrogen-bond donors (Lipinski definition) is 0. The predicted molar refractivity (Wildman–Crippen MR) is 126 cm³/mol. The molecule has 184 valence electrons. The van der Waals surface area contributed by atoms with Gasteiger partial charge in [-0.15, -0.1) is 5.10 Å². The standard InChI is InChI=1S/C25H22F3N7O/c1-34-21-13-19(31-20(14-29)24(21)32-33-34)17-5-6-22(18(12-17)25(26,27)28)36-11-8-16-7-10-35(15-16)23-4-2-3-9-30-23/h2-6,9,12-13,16H,7-8,10-11,15H2,1H3/t16-/m0/s1. The number of hydrogen-bond acceptors (Lipinski definition) is 7. The van der Waals surface area contributed by atoms with Crippen LogP contribution in [0.4, 0.5) is 19.0 Å². The maximum atomic E-state index is 13.9. The molecule has 0 saturated carbocycles. The van der Waals surface area contributed by atoms with Crippen LogP contribution in [-0.4, -0.2) is 44.7 Å². The van der Waals surface area contributed by atoms with Gasteiger partial charge in [0.1, 0.15) is 23.2 Å². The van der Waals surface area contributed by atoms with Crippen LogP contribution in [0, 0.1) is 17.2 Å². The van der Waals surface area contributed by atoms with Crippen LogP contribution in [-0.2, 0) is 13.2 Å². The molecule has 0 bridgehead atoms. The molecule has 1 atom stereocenters. The smallest absolute Gasteiger partial charge is 0.419 e. The fourth-order valence-electron chi connectivity index (χ4n) is 4.45. The van der Waals surface area contributed by atoms with E-state index in [1.165, 1.54) is 16.8 Å². The molecule has 0 amide bonds. The van der Waals surface area contributed by atoms with Gasteiger partial charge in [0.2, 0.25) is 0 Å². The fourth-order valence-corrected chi connectivity index (χ4v) is 4.45. The molecule has 0 N–H and O–H groups in total. The van der Waals surface area contributed by atoms with Crippen LogP contribution in [0.3, 0.4) is 0 Å². The molecule has 1 fully saturated rings. The first kappa shape index (κ1) is 23.5. The van der Waals surface area contributed by atoms with Gasteiger partial charge in [-0.05, 0) is 55.2 Å². The first-order chi connectivity index (χ1) is 17.3. The third-order valence-corrected chi connectivity index (χ3v) is 6.33. The number of nitriles is 1. The van der Waals surface area contributed by atoms with Gasteiger partial charge in [-0.25, -0.2) is 14.6 Å². The zero-order valence-corrected chi connectivity index (χ0v) is 19.4. The lowest BCUT2D eigenvalue weighted by Gasteiger charge is -2.18. The van der Waals surface area contributed by atoms with Crippen LogP contribution in [0.15, 0.2) is 48.7 Å². The van der Waals surface area contributed by atoms with Crippen LogP contribution in [0.5, 0.6) is 5.75 Å². The lowest BCUT2D eigenvalue weighted by atomic mass is 10.0. The van der Waals surface area contributed by atoms with E-state index < -0.39 is 11.7 Å². The number of rotatable bonds is 6. The Hall–Kier alpha value is -4.20. The molecule has 0 radical (unpaired) electrons. The van der Waals surface area contributed by atoms with Crippen molar-refractivity contribution in [3.05, 3.63) is 59.9 Å². The minimum atomic E-state index is -4.62. The number of benzene rings is 1. The van der Waals surface area contributed by atoms with E-state index in [1.807, 2.05) is 24.3 Å². The zero-order chi connectivity index (χ0) is 25.3. The molecule has 1 saturated heterocycles. The Morgan fingerprint density at radius 1 is 1.19 bits per heavy atom. The Morgan fingerprint density at radius 2 is 2.06 bits per heavy atom.